The summed E-state index contributed by atoms with van der Waals surface area (Å²) in [6.45, 7) is 11.7. The molecule has 0 aromatic rings. The predicted octanol–water partition coefficient (Wildman–Crippen LogP) is 2.12. The molecule has 3 nitrogen and oxygen atoms in total. The Labute approximate surface area is 112 Å². The number of ether oxygens (including phenoxy) is 1. The molecule has 2 aliphatic heterocycles. The highest BCUT2D eigenvalue weighted by molar-refractivity contribution is 4.74. The second kappa shape index (κ2) is 7.46. The first-order valence-electron chi connectivity index (χ1n) is 7.78. The van der Waals surface area contributed by atoms with Crippen molar-refractivity contribution >= 4 is 0 Å². The zero-order valence-electron chi connectivity index (χ0n) is 12.2. The molecule has 0 aromatic carbocycles. The summed E-state index contributed by atoms with van der Waals surface area (Å²) >= 11 is 0. The summed E-state index contributed by atoms with van der Waals surface area (Å²) in [6.07, 6.45) is 5.67. The van der Waals surface area contributed by atoms with E-state index in [-0.39, 0.29) is 0 Å². The van der Waals surface area contributed by atoms with Gasteiger partial charge in [0.05, 0.1) is 6.10 Å². The smallest absolute Gasteiger partial charge is 0.0587 e. The minimum Gasteiger partial charge on any atom is -0.378 e. The molecule has 0 aliphatic carbocycles. The minimum absolute atomic E-state index is 0.535. The van der Waals surface area contributed by atoms with Crippen molar-refractivity contribution in [2.24, 2.45) is 11.8 Å². The van der Waals surface area contributed by atoms with E-state index in [1.165, 1.54) is 58.4 Å². The van der Waals surface area contributed by atoms with Crippen molar-refractivity contribution in [1.82, 2.24) is 10.2 Å². The Bertz CT molecular complexity index is 217. The van der Waals surface area contributed by atoms with Crippen molar-refractivity contribution in [3.63, 3.8) is 0 Å². The zero-order chi connectivity index (χ0) is 12.8. The molecule has 3 heteroatoms. The van der Waals surface area contributed by atoms with Crippen molar-refractivity contribution < 1.29 is 4.74 Å². The van der Waals surface area contributed by atoms with Crippen molar-refractivity contribution in [3.05, 3.63) is 0 Å². The highest BCUT2D eigenvalue weighted by atomic mass is 16.5. The molecular formula is C15H30N2O. The molecule has 0 bridgehead atoms. The van der Waals surface area contributed by atoms with Crippen LogP contribution in [0.5, 0.6) is 0 Å². The average Bonchev–Trinajstić information content (AvgIpc) is 2.35. The summed E-state index contributed by atoms with van der Waals surface area (Å²) in [5.41, 5.74) is 0. The molecular weight excluding hydrogens is 224 g/mol. The highest BCUT2D eigenvalue weighted by Crippen LogP contribution is 2.17. The number of rotatable bonds is 3. The van der Waals surface area contributed by atoms with Crippen LogP contribution in [0.25, 0.3) is 0 Å². The van der Waals surface area contributed by atoms with E-state index >= 15 is 0 Å². The lowest BCUT2D eigenvalue weighted by atomic mass is 10.0. The van der Waals surface area contributed by atoms with E-state index in [0.29, 0.717) is 6.10 Å². The summed E-state index contributed by atoms with van der Waals surface area (Å²) in [7, 11) is 0. The third kappa shape index (κ3) is 4.87. The Morgan fingerprint density at radius 1 is 1.11 bits per heavy atom. The molecule has 2 heterocycles. The van der Waals surface area contributed by atoms with E-state index in [0.717, 1.165) is 18.4 Å². The number of hydrogen-bond donors (Lipinski definition) is 1. The predicted molar refractivity (Wildman–Crippen MR) is 75.8 cm³/mol. The van der Waals surface area contributed by atoms with Gasteiger partial charge in [-0.05, 0) is 50.6 Å². The van der Waals surface area contributed by atoms with Gasteiger partial charge >= 0.3 is 0 Å². The second-order valence-corrected chi connectivity index (χ2v) is 6.41. The van der Waals surface area contributed by atoms with Gasteiger partial charge < -0.3 is 15.0 Å². The van der Waals surface area contributed by atoms with E-state index < -0.39 is 0 Å². The van der Waals surface area contributed by atoms with Crippen LogP contribution < -0.4 is 5.32 Å². The second-order valence-electron chi connectivity index (χ2n) is 6.41. The van der Waals surface area contributed by atoms with Crippen molar-refractivity contribution in [1.29, 1.82) is 0 Å². The van der Waals surface area contributed by atoms with E-state index in [1.54, 1.807) is 0 Å². The normalized spacial score (nSPS) is 36.0. The van der Waals surface area contributed by atoms with Gasteiger partial charge in [0, 0.05) is 26.2 Å². The van der Waals surface area contributed by atoms with Gasteiger partial charge in [-0.25, -0.2) is 0 Å². The maximum absolute atomic E-state index is 5.84. The fourth-order valence-corrected chi connectivity index (χ4v) is 3.21. The largest absolute Gasteiger partial charge is 0.378 e. The van der Waals surface area contributed by atoms with Crippen LogP contribution in [-0.2, 0) is 4.74 Å². The van der Waals surface area contributed by atoms with Crippen molar-refractivity contribution in [2.75, 3.05) is 39.3 Å². The van der Waals surface area contributed by atoms with E-state index in [9.17, 15) is 0 Å². The third-order valence-corrected chi connectivity index (χ3v) is 4.17. The van der Waals surface area contributed by atoms with Crippen LogP contribution in [0.1, 0.15) is 39.5 Å². The van der Waals surface area contributed by atoms with Gasteiger partial charge in [0.15, 0.2) is 0 Å². The van der Waals surface area contributed by atoms with Gasteiger partial charge in [0.2, 0.25) is 0 Å². The monoisotopic (exact) mass is 254 g/mol. The Hall–Kier alpha value is -0.120. The molecule has 0 radical (unpaired) electrons. The van der Waals surface area contributed by atoms with Crippen LogP contribution >= 0.6 is 0 Å². The molecule has 1 N–H and O–H groups in total. The minimum atomic E-state index is 0.535. The van der Waals surface area contributed by atoms with Crippen LogP contribution in [0.4, 0.5) is 0 Å². The number of nitrogens with zero attached hydrogens (tertiary/aromatic N) is 1. The first kappa shape index (κ1) is 14.3. The maximum Gasteiger partial charge on any atom is 0.0587 e. The molecule has 3 atom stereocenters. The van der Waals surface area contributed by atoms with Gasteiger partial charge in [0.25, 0.3) is 0 Å². The number of nitrogens with one attached hydrogen (secondary N) is 1. The topological polar surface area (TPSA) is 24.5 Å². The lowest BCUT2D eigenvalue weighted by molar-refractivity contribution is 0.00364. The molecule has 2 aliphatic rings. The molecule has 0 amide bonds. The molecule has 2 rings (SSSR count). The molecule has 18 heavy (non-hydrogen) atoms. The van der Waals surface area contributed by atoms with Gasteiger partial charge in [-0.3, -0.25) is 0 Å². The standard InChI is InChI=1S/C15H30N2O/c1-13-9-16-10-14(2)12-17(11-13)7-6-15-5-3-4-8-18-15/h13-16H,3-12H2,1-2H3. The van der Waals surface area contributed by atoms with Gasteiger partial charge in [-0.15, -0.1) is 0 Å². The average molecular weight is 254 g/mol. The summed E-state index contributed by atoms with van der Waals surface area (Å²) < 4.78 is 5.84. The van der Waals surface area contributed by atoms with Crippen LogP contribution in [0.15, 0.2) is 0 Å². The van der Waals surface area contributed by atoms with Crippen molar-refractivity contribution in [3.8, 4) is 0 Å². The van der Waals surface area contributed by atoms with E-state index in [4.69, 9.17) is 4.74 Å². The Balaban J connectivity index is 1.74. The quantitative estimate of drug-likeness (QED) is 0.835. The Morgan fingerprint density at radius 2 is 1.83 bits per heavy atom. The van der Waals surface area contributed by atoms with Crippen LogP contribution in [0.2, 0.25) is 0 Å². The fourth-order valence-electron chi connectivity index (χ4n) is 3.21. The van der Waals surface area contributed by atoms with Gasteiger partial charge in [-0.2, -0.15) is 0 Å². The summed E-state index contributed by atoms with van der Waals surface area (Å²) in [5, 5.41) is 3.56. The lowest BCUT2D eigenvalue weighted by Gasteiger charge is -2.33. The molecule has 0 aromatic heterocycles. The first-order valence-corrected chi connectivity index (χ1v) is 7.78. The molecule has 0 spiro atoms. The summed E-state index contributed by atoms with van der Waals surface area (Å²) in [4.78, 5) is 2.66. The Morgan fingerprint density at radius 3 is 2.44 bits per heavy atom. The number of hydrogen-bond acceptors (Lipinski definition) is 3. The SMILES string of the molecule is CC1CNCC(C)CN(CCC2CCCCO2)C1. The maximum atomic E-state index is 5.84. The Kier molecular flexibility index (Phi) is 5.93. The lowest BCUT2D eigenvalue weighted by Crippen LogP contribution is -2.43. The molecule has 2 fully saturated rings. The molecule has 106 valence electrons. The third-order valence-electron chi connectivity index (χ3n) is 4.17. The highest BCUT2D eigenvalue weighted by Gasteiger charge is 2.19. The van der Waals surface area contributed by atoms with Crippen molar-refractivity contribution in [2.45, 2.75) is 45.6 Å². The van der Waals surface area contributed by atoms with Crippen LogP contribution in [0.3, 0.4) is 0 Å². The molecule has 3 unspecified atom stereocenters. The fraction of sp³-hybridized carbons (Fsp3) is 1.00. The van der Waals surface area contributed by atoms with E-state index in [2.05, 4.69) is 24.1 Å². The van der Waals surface area contributed by atoms with Crippen LogP contribution in [0, 0.1) is 11.8 Å². The first-order chi connectivity index (χ1) is 8.74. The van der Waals surface area contributed by atoms with Gasteiger partial charge in [0.1, 0.15) is 0 Å². The molecule has 2 saturated heterocycles. The zero-order valence-corrected chi connectivity index (χ0v) is 12.2. The summed E-state index contributed by atoms with van der Waals surface area (Å²) in [6, 6.07) is 0. The van der Waals surface area contributed by atoms with Gasteiger partial charge in [-0.1, -0.05) is 13.8 Å². The molecule has 0 saturated carbocycles. The van der Waals surface area contributed by atoms with Crippen LogP contribution in [-0.4, -0.2) is 50.3 Å². The summed E-state index contributed by atoms with van der Waals surface area (Å²) in [5.74, 6) is 1.54. The van der Waals surface area contributed by atoms with E-state index in [1.807, 2.05) is 0 Å².